The van der Waals surface area contributed by atoms with Gasteiger partial charge in [0.25, 0.3) is 0 Å². The minimum atomic E-state index is -1.51. The van der Waals surface area contributed by atoms with Gasteiger partial charge in [0.05, 0.1) is 6.10 Å². The lowest BCUT2D eigenvalue weighted by molar-refractivity contribution is 0.172. The highest BCUT2D eigenvalue weighted by Gasteiger charge is 2.13. The van der Waals surface area contributed by atoms with E-state index < -0.39 is 23.6 Å². The zero-order valence-corrected chi connectivity index (χ0v) is 7.02. The van der Waals surface area contributed by atoms with Gasteiger partial charge in [-0.05, 0) is 24.1 Å². The number of rotatable bonds is 2. The van der Waals surface area contributed by atoms with Crippen LogP contribution in [0.5, 0.6) is 0 Å². The number of aliphatic hydroxyl groups excluding tert-OH is 1. The Bertz CT molecular complexity index is 289. The molecule has 0 aliphatic rings. The second-order valence-electron chi connectivity index (χ2n) is 2.72. The molecule has 1 aromatic rings. The molecule has 0 amide bonds. The van der Waals surface area contributed by atoms with E-state index >= 15 is 0 Å². The molecular weight excluding hydrogens is 181 g/mol. The SMILES string of the molecule is CC[C@@H](O)c1cc(F)c(F)c(F)c1. The van der Waals surface area contributed by atoms with Crippen LogP contribution in [-0.2, 0) is 0 Å². The van der Waals surface area contributed by atoms with Crippen molar-refractivity contribution in [1.29, 1.82) is 0 Å². The monoisotopic (exact) mass is 190 g/mol. The molecule has 1 nitrogen and oxygen atoms in total. The van der Waals surface area contributed by atoms with Gasteiger partial charge >= 0.3 is 0 Å². The summed E-state index contributed by atoms with van der Waals surface area (Å²) in [7, 11) is 0. The zero-order chi connectivity index (χ0) is 10.0. The zero-order valence-electron chi connectivity index (χ0n) is 7.02. The predicted molar refractivity (Wildman–Crippen MR) is 41.6 cm³/mol. The Kier molecular flexibility index (Phi) is 2.93. The third-order valence-electron chi connectivity index (χ3n) is 1.78. The molecular formula is C9H9F3O. The number of halogens is 3. The maximum atomic E-state index is 12.6. The number of benzene rings is 1. The van der Waals surface area contributed by atoms with Crippen LogP contribution in [0.25, 0.3) is 0 Å². The molecule has 0 bridgehead atoms. The summed E-state index contributed by atoms with van der Waals surface area (Å²) in [6.07, 6.45) is -0.630. The Morgan fingerprint density at radius 3 is 2.08 bits per heavy atom. The molecule has 1 N–H and O–H groups in total. The highest BCUT2D eigenvalue weighted by Crippen LogP contribution is 2.20. The average Bonchev–Trinajstić information content (AvgIpc) is 2.12. The number of aliphatic hydroxyl groups is 1. The van der Waals surface area contributed by atoms with Crippen molar-refractivity contribution in [2.45, 2.75) is 19.4 Å². The van der Waals surface area contributed by atoms with Crippen molar-refractivity contribution >= 4 is 0 Å². The van der Waals surface area contributed by atoms with Gasteiger partial charge in [0, 0.05) is 0 Å². The van der Waals surface area contributed by atoms with Crippen LogP contribution in [0.4, 0.5) is 13.2 Å². The van der Waals surface area contributed by atoms with E-state index in [9.17, 15) is 18.3 Å². The highest BCUT2D eigenvalue weighted by atomic mass is 19.2. The van der Waals surface area contributed by atoms with Crippen LogP contribution in [0.2, 0.25) is 0 Å². The van der Waals surface area contributed by atoms with Crippen molar-refractivity contribution in [2.24, 2.45) is 0 Å². The smallest absolute Gasteiger partial charge is 0.194 e. The van der Waals surface area contributed by atoms with Gasteiger partial charge in [-0.2, -0.15) is 0 Å². The summed E-state index contributed by atoms with van der Waals surface area (Å²) >= 11 is 0. The van der Waals surface area contributed by atoms with Crippen LogP contribution in [-0.4, -0.2) is 5.11 Å². The predicted octanol–water partition coefficient (Wildman–Crippen LogP) is 2.55. The van der Waals surface area contributed by atoms with Gasteiger partial charge in [-0.3, -0.25) is 0 Å². The summed E-state index contributed by atoms with van der Waals surface area (Å²) in [5.74, 6) is -4.06. The topological polar surface area (TPSA) is 20.2 Å². The Hall–Kier alpha value is -1.03. The maximum Gasteiger partial charge on any atom is 0.194 e. The average molecular weight is 190 g/mol. The van der Waals surface area contributed by atoms with Crippen molar-refractivity contribution < 1.29 is 18.3 Å². The minimum absolute atomic E-state index is 0.0545. The van der Waals surface area contributed by atoms with E-state index in [1.165, 1.54) is 0 Å². The van der Waals surface area contributed by atoms with Crippen molar-refractivity contribution in [2.75, 3.05) is 0 Å². The maximum absolute atomic E-state index is 12.6. The Morgan fingerprint density at radius 2 is 1.69 bits per heavy atom. The van der Waals surface area contributed by atoms with Gasteiger partial charge < -0.3 is 5.11 Å². The molecule has 4 heteroatoms. The van der Waals surface area contributed by atoms with E-state index in [0.29, 0.717) is 6.42 Å². The van der Waals surface area contributed by atoms with Crippen LogP contribution in [0.1, 0.15) is 25.0 Å². The molecule has 13 heavy (non-hydrogen) atoms. The summed E-state index contributed by atoms with van der Waals surface area (Å²) in [6, 6.07) is 1.60. The summed E-state index contributed by atoms with van der Waals surface area (Å²) < 4.78 is 37.7. The van der Waals surface area contributed by atoms with Gasteiger partial charge in [0.2, 0.25) is 0 Å². The lowest BCUT2D eigenvalue weighted by atomic mass is 10.1. The quantitative estimate of drug-likeness (QED) is 0.710. The molecule has 1 aromatic carbocycles. The first-order valence-electron chi connectivity index (χ1n) is 3.88. The molecule has 1 rings (SSSR count). The molecule has 0 heterocycles. The van der Waals surface area contributed by atoms with E-state index in [0.717, 1.165) is 12.1 Å². The molecule has 0 fully saturated rings. The van der Waals surface area contributed by atoms with Gasteiger partial charge in [-0.25, -0.2) is 13.2 Å². The standard InChI is InChI=1S/C9H9F3O/c1-2-8(13)5-3-6(10)9(12)7(11)4-5/h3-4,8,13H,2H2,1H3/t8-/m1/s1. The number of hydrogen-bond donors (Lipinski definition) is 1. The summed E-state index contributed by atoms with van der Waals surface area (Å²) in [5, 5.41) is 9.21. The molecule has 0 radical (unpaired) electrons. The van der Waals surface area contributed by atoms with E-state index in [2.05, 4.69) is 0 Å². The van der Waals surface area contributed by atoms with E-state index in [4.69, 9.17) is 0 Å². The largest absolute Gasteiger partial charge is 0.388 e. The summed E-state index contributed by atoms with van der Waals surface area (Å²) in [6.45, 7) is 1.66. The third kappa shape index (κ3) is 2.01. The van der Waals surface area contributed by atoms with E-state index in [1.807, 2.05) is 0 Å². The minimum Gasteiger partial charge on any atom is -0.388 e. The van der Waals surface area contributed by atoms with Crippen LogP contribution in [0.15, 0.2) is 12.1 Å². The second-order valence-corrected chi connectivity index (χ2v) is 2.72. The van der Waals surface area contributed by atoms with Gasteiger partial charge in [0.1, 0.15) is 0 Å². The lowest BCUT2D eigenvalue weighted by Gasteiger charge is -2.08. The van der Waals surface area contributed by atoms with Gasteiger partial charge in [0.15, 0.2) is 17.5 Å². The molecule has 0 aliphatic carbocycles. The summed E-state index contributed by atoms with van der Waals surface area (Å²) in [5.41, 5.74) is 0.0545. The van der Waals surface area contributed by atoms with Crippen LogP contribution < -0.4 is 0 Å². The fourth-order valence-electron chi connectivity index (χ4n) is 1.00. The molecule has 1 atom stereocenters. The Labute approximate surface area is 73.8 Å². The Balaban J connectivity index is 3.13. The fraction of sp³-hybridized carbons (Fsp3) is 0.333. The van der Waals surface area contributed by atoms with Gasteiger partial charge in [-0.15, -0.1) is 0 Å². The first kappa shape index (κ1) is 10.1. The molecule has 0 spiro atoms. The lowest BCUT2D eigenvalue weighted by Crippen LogP contribution is -2.00. The van der Waals surface area contributed by atoms with Gasteiger partial charge in [-0.1, -0.05) is 6.92 Å². The highest BCUT2D eigenvalue weighted by molar-refractivity contribution is 5.21. The van der Waals surface area contributed by atoms with E-state index in [-0.39, 0.29) is 5.56 Å². The molecule has 72 valence electrons. The van der Waals surface area contributed by atoms with Crippen LogP contribution in [0, 0.1) is 17.5 Å². The van der Waals surface area contributed by atoms with Crippen molar-refractivity contribution in [3.05, 3.63) is 35.1 Å². The van der Waals surface area contributed by atoms with Crippen LogP contribution in [0.3, 0.4) is 0 Å². The normalized spacial score (nSPS) is 13.0. The molecule has 0 saturated carbocycles. The van der Waals surface area contributed by atoms with Crippen molar-refractivity contribution in [3.63, 3.8) is 0 Å². The van der Waals surface area contributed by atoms with Crippen molar-refractivity contribution in [1.82, 2.24) is 0 Å². The summed E-state index contributed by atoms with van der Waals surface area (Å²) in [4.78, 5) is 0. The molecule has 0 unspecified atom stereocenters. The Morgan fingerprint density at radius 1 is 1.23 bits per heavy atom. The van der Waals surface area contributed by atoms with E-state index in [1.54, 1.807) is 6.92 Å². The number of hydrogen-bond acceptors (Lipinski definition) is 1. The second kappa shape index (κ2) is 3.79. The fourth-order valence-corrected chi connectivity index (χ4v) is 1.00. The molecule has 0 saturated heterocycles. The first-order chi connectivity index (χ1) is 6.06. The third-order valence-corrected chi connectivity index (χ3v) is 1.78. The van der Waals surface area contributed by atoms with Crippen LogP contribution >= 0.6 is 0 Å². The molecule has 0 aromatic heterocycles. The molecule has 0 aliphatic heterocycles. The first-order valence-corrected chi connectivity index (χ1v) is 3.88. The van der Waals surface area contributed by atoms with Crippen molar-refractivity contribution in [3.8, 4) is 0 Å².